The second-order valence-corrected chi connectivity index (χ2v) is 6.48. The van der Waals surface area contributed by atoms with Gasteiger partial charge in [-0.05, 0) is 37.3 Å². The molecule has 0 aliphatic heterocycles. The van der Waals surface area contributed by atoms with E-state index in [1.807, 2.05) is 13.0 Å². The molecule has 1 heterocycles. The van der Waals surface area contributed by atoms with Gasteiger partial charge >= 0.3 is 5.97 Å². The lowest BCUT2D eigenvalue weighted by Crippen LogP contribution is -2.46. The zero-order valence-corrected chi connectivity index (χ0v) is 12.5. The fourth-order valence-corrected chi connectivity index (χ4v) is 3.60. The van der Waals surface area contributed by atoms with Gasteiger partial charge in [-0.15, -0.1) is 11.3 Å². The average Bonchev–Trinajstić information content (AvgIpc) is 2.94. The highest BCUT2D eigenvalue weighted by Crippen LogP contribution is 2.27. The molecule has 1 amide bonds. The third kappa shape index (κ3) is 3.60. The van der Waals surface area contributed by atoms with Gasteiger partial charge in [-0.1, -0.05) is 26.2 Å². The van der Waals surface area contributed by atoms with E-state index in [-0.39, 0.29) is 11.8 Å². The fourth-order valence-electron chi connectivity index (χ4n) is 2.75. The van der Waals surface area contributed by atoms with Crippen molar-refractivity contribution in [2.24, 2.45) is 5.92 Å². The summed E-state index contributed by atoms with van der Waals surface area (Å²) in [6.45, 7) is 2.04. The van der Waals surface area contributed by atoms with Gasteiger partial charge in [0, 0.05) is 4.88 Å². The number of aliphatic carboxylic acids is 1. The number of nitrogens with one attached hydrogen (secondary N) is 1. The number of aryl methyl sites for hydroxylation is 1. The highest BCUT2D eigenvalue weighted by atomic mass is 32.1. The van der Waals surface area contributed by atoms with E-state index in [1.54, 1.807) is 6.07 Å². The van der Waals surface area contributed by atoms with Crippen molar-refractivity contribution in [1.29, 1.82) is 0 Å². The number of carboxylic acid groups (broad SMARTS) is 1. The summed E-state index contributed by atoms with van der Waals surface area (Å²) in [5.74, 6) is -1.11. The average molecular weight is 295 g/mol. The minimum absolute atomic E-state index is 0.0656. The van der Waals surface area contributed by atoms with E-state index < -0.39 is 12.0 Å². The second kappa shape index (κ2) is 6.88. The Kier molecular flexibility index (Phi) is 5.17. The second-order valence-electron chi connectivity index (χ2n) is 5.31. The van der Waals surface area contributed by atoms with Crippen molar-refractivity contribution in [2.45, 2.75) is 51.5 Å². The first-order valence-corrected chi connectivity index (χ1v) is 8.06. The van der Waals surface area contributed by atoms with Gasteiger partial charge in [0.15, 0.2) is 0 Å². The number of carbonyl (C=O) groups is 2. The van der Waals surface area contributed by atoms with Gasteiger partial charge in [-0.2, -0.15) is 0 Å². The molecular formula is C15H21NO3S. The van der Waals surface area contributed by atoms with Gasteiger partial charge < -0.3 is 10.4 Å². The Labute approximate surface area is 123 Å². The first kappa shape index (κ1) is 15.0. The Morgan fingerprint density at radius 2 is 2.05 bits per heavy atom. The maximum Gasteiger partial charge on any atom is 0.326 e. The Morgan fingerprint density at radius 3 is 2.60 bits per heavy atom. The molecule has 2 rings (SSSR count). The third-order valence-electron chi connectivity index (χ3n) is 3.91. The lowest BCUT2D eigenvalue weighted by atomic mass is 9.84. The third-order valence-corrected chi connectivity index (χ3v) is 5.14. The summed E-state index contributed by atoms with van der Waals surface area (Å²) < 4.78 is 0. The van der Waals surface area contributed by atoms with Crippen LogP contribution in [0.15, 0.2) is 12.1 Å². The molecule has 5 heteroatoms. The summed E-state index contributed by atoms with van der Waals surface area (Å²) >= 11 is 1.44. The number of thiophene rings is 1. The van der Waals surface area contributed by atoms with Crippen LogP contribution in [-0.4, -0.2) is 23.0 Å². The quantitative estimate of drug-likeness (QED) is 0.877. The van der Waals surface area contributed by atoms with Crippen molar-refractivity contribution in [3.63, 3.8) is 0 Å². The predicted octanol–water partition coefficient (Wildman–Crippen LogP) is 3.07. The number of amides is 1. The molecule has 1 aliphatic rings. The van der Waals surface area contributed by atoms with E-state index in [2.05, 4.69) is 5.32 Å². The number of carbonyl (C=O) groups excluding carboxylic acids is 1. The molecule has 1 fully saturated rings. The smallest absolute Gasteiger partial charge is 0.326 e. The van der Waals surface area contributed by atoms with Gasteiger partial charge in [-0.25, -0.2) is 4.79 Å². The molecule has 0 saturated heterocycles. The fraction of sp³-hybridized carbons (Fsp3) is 0.600. The van der Waals surface area contributed by atoms with E-state index in [1.165, 1.54) is 17.8 Å². The molecule has 1 aromatic heterocycles. The number of carboxylic acids is 1. The van der Waals surface area contributed by atoms with Crippen molar-refractivity contribution in [3.8, 4) is 0 Å². The van der Waals surface area contributed by atoms with Crippen LogP contribution >= 0.6 is 11.3 Å². The molecule has 0 spiro atoms. The van der Waals surface area contributed by atoms with Gasteiger partial charge in [-0.3, -0.25) is 4.79 Å². The standard InChI is InChI=1S/C15H21NO3S/c1-2-11-8-9-12(20-11)14(17)16-13(15(18)19)10-6-4-3-5-7-10/h8-10,13H,2-7H2,1H3,(H,16,17)(H,18,19). The summed E-state index contributed by atoms with van der Waals surface area (Å²) in [7, 11) is 0. The van der Waals surface area contributed by atoms with Crippen molar-refractivity contribution < 1.29 is 14.7 Å². The molecule has 1 unspecified atom stereocenters. The Bertz CT molecular complexity index is 477. The van der Waals surface area contributed by atoms with Crippen LogP contribution in [-0.2, 0) is 11.2 Å². The van der Waals surface area contributed by atoms with Gasteiger partial charge in [0.1, 0.15) is 6.04 Å². The number of rotatable bonds is 5. The van der Waals surface area contributed by atoms with E-state index in [4.69, 9.17) is 0 Å². The van der Waals surface area contributed by atoms with E-state index >= 15 is 0 Å². The van der Waals surface area contributed by atoms with Crippen LogP contribution < -0.4 is 5.32 Å². The van der Waals surface area contributed by atoms with Gasteiger partial charge in [0.2, 0.25) is 0 Å². The first-order valence-electron chi connectivity index (χ1n) is 7.24. The number of hydrogen-bond acceptors (Lipinski definition) is 3. The van der Waals surface area contributed by atoms with Crippen LogP contribution in [0.5, 0.6) is 0 Å². The predicted molar refractivity (Wildman–Crippen MR) is 79.2 cm³/mol. The lowest BCUT2D eigenvalue weighted by Gasteiger charge is -2.27. The monoisotopic (exact) mass is 295 g/mol. The summed E-state index contributed by atoms with van der Waals surface area (Å²) in [5.41, 5.74) is 0. The maximum atomic E-state index is 12.2. The van der Waals surface area contributed by atoms with Gasteiger partial charge in [0.05, 0.1) is 4.88 Å². The zero-order valence-electron chi connectivity index (χ0n) is 11.7. The van der Waals surface area contributed by atoms with Crippen molar-refractivity contribution >= 4 is 23.2 Å². The topological polar surface area (TPSA) is 66.4 Å². The van der Waals surface area contributed by atoms with Crippen molar-refractivity contribution in [2.75, 3.05) is 0 Å². The van der Waals surface area contributed by atoms with E-state index in [0.717, 1.165) is 37.0 Å². The lowest BCUT2D eigenvalue weighted by molar-refractivity contribution is -0.141. The Balaban J connectivity index is 2.03. The minimum Gasteiger partial charge on any atom is -0.480 e. The maximum absolute atomic E-state index is 12.2. The molecule has 1 atom stereocenters. The molecular weight excluding hydrogens is 274 g/mol. The van der Waals surface area contributed by atoms with Crippen LogP contribution in [0.1, 0.15) is 53.6 Å². The first-order chi connectivity index (χ1) is 9.61. The highest BCUT2D eigenvalue weighted by molar-refractivity contribution is 7.14. The summed E-state index contributed by atoms with van der Waals surface area (Å²) in [6.07, 6.45) is 5.96. The van der Waals surface area contributed by atoms with Crippen molar-refractivity contribution in [3.05, 3.63) is 21.9 Å². The normalized spacial score (nSPS) is 17.6. The molecule has 2 N–H and O–H groups in total. The van der Waals surface area contributed by atoms with Crippen LogP contribution in [0.2, 0.25) is 0 Å². The van der Waals surface area contributed by atoms with Crippen LogP contribution in [0.3, 0.4) is 0 Å². The zero-order chi connectivity index (χ0) is 14.5. The Hall–Kier alpha value is -1.36. The largest absolute Gasteiger partial charge is 0.480 e. The number of hydrogen-bond donors (Lipinski definition) is 2. The Morgan fingerprint density at radius 1 is 1.35 bits per heavy atom. The van der Waals surface area contributed by atoms with Crippen LogP contribution in [0, 0.1) is 5.92 Å². The molecule has 0 aromatic carbocycles. The molecule has 1 aromatic rings. The summed E-state index contributed by atoms with van der Waals surface area (Å²) in [6, 6.07) is 2.95. The highest BCUT2D eigenvalue weighted by Gasteiger charge is 2.31. The molecule has 20 heavy (non-hydrogen) atoms. The summed E-state index contributed by atoms with van der Waals surface area (Å²) in [4.78, 5) is 25.3. The minimum atomic E-state index is -0.919. The van der Waals surface area contributed by atoms with Crippen LogP contribution in [0.25, 0.3) is 0 Å². The SMILES string of the molecule is CCc1ccc(C(=O)NC(C(=O)O)C2CCCCC2)s1. The molecule has 1 aliphatic carbocycles. The molecule has 4 nitrogen and oxygen atoms in total. The molecule has 1 saturated carbocycles. The van der Waals surface area contributed by atoms with Crippen molar-refractivity contribution in [1.82, 2.24) is 5.32 Å². The molecule has 0 radical (unpaired) electrons. The molecule has 110 valence electrons. The van der Waals surface area contributed by atoms with Crippen LogP contribution in [0.4, 0.5) is 0 Å². The van der Waals surface area contributed by atoms with E-state index in [9.17, 15) is 14.7 Å². The molecule has 0 bridgehead atoms. The summed E-state index contributed by atoms with van der Waals surface area (Å²) in [5, 5.41) is 12.1. The van der Waals surface area contributed by atoms with E-state index in [0.29, 0.717) is 4.88 Å². The van der Waals surface area contributed by atoms with Gasteiger partial charge in [0.25, 0.3) is 5.91 Å².